The monoisotopic (exact) mass is 488 g/mol. The van der Waals surface area contributed by atoms with Gasteiger partial charge in [-0.15, -0.1) is 0 Å². The van der Waals surface area contributed by atoms with E-state index in [0.717, 1.165) is 22.3 Å². The summed E-state index contributed by atoms with van der Waals surface area (Å²) < 4.78 is 0. The van der Waals surface area contributed by atoms with E-state index in [0.29, 0.717) is 30.8 Å². The smallest absolute Gasteiger partial charge is 0.322 e. The Hall–Kier alpha value is -3.61. The van der Waals surface area contributed by atoms with Crippen LogP contribution in [0.2, 0.25) is 0 Å². The van der Waals surface area contributed by atoms with Crippen molar-refractivity contribution in [1.82, 2.24) is 20.4 Å². The molecule has 190 valence electrons. The number of aryl methyl sites for hydroxylation is 2. The van der Waals surface area contributed by atoms with Gasteiger partial charge in [0.25, 0.3) is 5.91 Å². The van der Waals surface area contributed by atoms with Crippen LogP contribution < -0.4 is 10.6 Å². The number of hydrogen-bond donors (Lipinski definition) is 2. The molecule has 0 unspecified atom stereocenters. The maximum Gasteiger partial charge on any atom is 0.322 e. The number of likely N-dealkylation sites (N-methyl/N-ethyl adjacent to an activating group) is 1. The predicted molar refractivity (Wildman–Crippen MR) is 140 cm³/mol. The lowest BCUT2D eigenvalue weighted by Crippen LogP contribution is -2.49. The number of nitrogens with one attached hydrogen (secondary N) is 2. The molecule has 0 aromatic heterocycles. The molecular formula is C29H36N4O3. The first-order valence-corrected chi connectivity index (χ1v) is 12.7. The van der Waals surface area contributed by atoms with Crippen molar-refractivity contribution in [3.05, 3.63) is 82.1 Å². The molecule has 0 saturated carbocycles. The molecule has 2 aromatic rings. The summed E-state index contributed by atoms with van der Waals surface area (Å²) in [4.78, 5) is 43.8. The molecule has 2 N–H and O–H groups in total. The molecule has 7 heteroatoms. The lowest BCUT2D eigenvalue weighted by atomic mass is 9.91. The van der Waals surface area contributed by atoms with Crippen LogP contribution in [0, 0.1) is 19.8 Å². The zero-order valence-corrected chi connectivity index (χ0v) is 21.8. The average Bonchev–Trinajstić information content (AvgIpc) is 3.18. The van der Waals surface area contributed by atoms with Crippen LogP contribution in [0.3, 0.4) is 0 Å². The van der Waals surface area contributed by atoms with Gasteiger partial charge in [-0.2, -0.15) is 0 Å². The average molecular weight is 489 g/mol. The Bertz CT molecular complexity index is 1190. The van der Waals surface area contributed by atoms with E-state index in [9.17, 15) is 14.4 Å². The number of hydrogen-bond acceptors (Lipinski definition) is 3. The Balaban J connectivity index is 1.66. The van der Waals surface area contributed by atoms with Crippen LogP contribution >= 0.6 is 0 Å². The highest BCUT2D eigenvalue weighted by Gasteiger charge is 2.47. The third-order valence-corrected chi connectivity index (χ3v) is 6.99. The number of rotatable bonds is 8. The minimum Gasteiger partial charge on any atom is -0.350 e. The Morgan fingerprint density at radius 1 is 1.11 bits per heavy atom. The summed E-state index contributed by atoms with van der Waals surface area (Å²) in [6.07, 6.45) is 0.536. The normalized spacial score (nSPS) is 18.4. The molecule has 2 aliphatic rings. The number of carbonyl (C=O) groups is 3. The summed E-state index contributed by atoms with van der Waals surface area (Å²) in [5, 5.41) is 6.08. The van der Waals surface area contributed by atoms with Crippen molar-refractivity contribution in [3.8, 4) is 0 Å². The van der Waals surface area contributed by atoms with Crippen LogP contribution in [0.25, 0.3) is 0 Å². The van der Waals surface area contributed by atoms with E-state index in [1.54, 1.807) is 9.80 Å². The molecular weight excluding hydrogens is 452 g/mol. The molecule has 2 aliphatic heterocycles. The van der Waals surface area contributed by atoms with Crippen molar-refractivity contribution in [2.45, 2.75) is 59.7 Å². The first kappa shape index (κ1) is 25.5. The van der Waals surface area contributed by atoms with Crippen LogP contribution in [-0.2, 0) is 16.1 Å². The van der Waals surface area contributed by atoms with Gasteiger partial charge in [-0.05, 0) is 49.8 Å². The van der Waals surface area contributed by atoms with E-state index in [1.807, 2.05) is 77.1 Å². The topological polar surface area (TPSA) is 81.8 Å². The second-order valence-corrected chi connectivity index (χ2v) is 10.1. The summed E-state index contributed by atoms with van der Waals surface area (Å²) in [5.74, 6) is -0.153. The summed E-state index contributed by atoms with van der Waals surface area (Å²) in [7, 11) is 0. The third-order valence-electron chi connectivity index (χ3n) is 6.99. The second kappa shape index (κ2) is 10.6. The number of benzene rings is 2. The van der Waals surface area contributed by atoms with E-state index in [-0.39, 0.29) is 30.3 Å². The molecule has 4 amide bonds. The van der Waals surface area contributed by atoms with Crippen LogP contribution in [0.4, 0.5) is 4.79 Å². The SMILES string of the molecule is CCN1C(=O)N[C@H](c2ccc(C)cc2C)C2=C1CN([C@H](CC(C)C)C(=O)NCc1ccccc1)C2=O. The molecule has 0 aliphatic carbocycles. The number of nitrogens with zero attached hydrogens (tertiary/aromatic N) is 2. The molecule has 7 nitrogen and oxygen atoms in total. The number of carbonyl (C=O) groups excluding carboxylic acids is 3. The summed E-state index contributed by atoms with van der Waals surface area (Å²) >= 11 is 0. The van der Waals surface area contributed by atoms with Crippen molar-refractivity contribution in [2.24, 2.45) is 5.92 Å². The lowest BCUT2D eigenvalue weighted by Gasteiger charge is -2.33. The van der Waals surface area contributed by atoms with Gasteiger partial charge in [0.15, 0.2) is 0 Å². The van der Waals surface area contributed by atoms with Crippen LogP contribution in [0.1, 0.15) is 55.5 Å². The lowest BCUT2D eigenvalue weighted by molar-refractivity contribution is -0.137. The molecule has 2 atom stereocenters. The Morgan fingerprint density at radius 3 is 2.47 bits per heavy atom. The zero-order chi connectivity index (χ0) is 26.0. The van der Waals surface area contributed by atoms with Gasteiger partial charge in [0.2, 0.25) is 5.91 Å². The minimum absolute atomic E-state index is 0.175. The van der Waals surface area contributed by atoms with E-state index in [2.05, 4.69) is 16.7 Å². The molecule has 36 heavy (non-hydrogen) atoms. The van der Waals surface area contributed by atoms with E-state index >= 15 is 0 Å². The molecule has 0 bridgehead atoms. The largest absolute Gasteiger partial charge is 0.350 e. The van der Waals surface area contributed by atoms with Crippen LogP contribution in [0.15, 0.2) is 59.8 Å². The minimum atomic E-state index is -0.625. The van der Waals surface area contributed by atoms with Crippen molar-refractivity contribution in [2.75, 3.05) is 13.1 Å². The van der Waals surface area contributed by atoms with Gasteiger partial charge < -0.3 is 15.5 Å². The predicted octanol–water partition coefficient (Wildman–Crippen LogP) is 4.22. The zero-order valence-electron chi connectivity index (χ0n) is 21.8. The molecule has 0 radical (unpaired) electrons. The molecule has 2 aromatic carbocycles. The van der Waals surface area contributed by atoms with Crippen molar-refractivity contribution < 1.29 is 14.4 Å². The molecule has 0 saturated heterocycles. The van der Waals surface area contributed by atoms with Gasteiger partial charge >= 0.3 is 6.03 Å². The van der Waals surface area contributed by atoms with Gasteiger partial charge in [0.05, 0.1) is 23.9 Å². The van der Waals surface area contributed by atoms with Gasteiger partial charge in [0, 0.05) is 13.1 Å². The first-order chi connectivity index (χ1) is 17.2. The Morgan fingerprint density at radius 2 is 1.83 bits per heavy atom. The molecule has 0 fully saturated rings. The standard InChI is InChI=1S/C29H36N4O3/c1-6-32-24-17-33(23(14-18(2)3)27(34)30-16-21-10-8-7-9-11-21)28(35)25(24)26(31-29(32)36)22-13-12-19(4)15-20(22)5/h7-13,15,18,23,26H,6,14,16-17H2,1-5H3,(H,30,34)(H,31,36)/t23-,26-/m1/s1. The number of amides is 4. The van der Waals surface area contributed by atoms with Crippen molar-refractivity contribution in [1.29, 1.82) is 0 Å². The summed E-state index contributed by atoms with van der Waals surface area (Å²) in [5.41, 5.74) is 5.30. The first-order valence-electron chi connectivity index (χ1n) is 12.7. The molecule has 4 rings (SSSR count). The van der Waals surface area contributed by atoms with Gasteiger partial charge in [-0.1, -0.05) is 67.9 Å². The molecule has 2 heterocycles. The Labute approximate surface area is 213 Å². The van der Waals surface area contributed by atoms with Gasteiger partial charge in [-0.25, -0.2) is 4.79 Å². The maximum absolute atomic E-state index is 14.0. The summed E-state index contributed by atoms with van der Waals surface area (Å²) in [6.45, 7) is 11.1. The highest BCUT2D eigenvalue weighted by molar-refractivity contribution is 6.03. The maximum atomic E-state index is 14.0. The van der Waals surface area contributed by atoms with E-state index in [4.69, 9.17) is 0 Å². The third kappa shape index (κ3) is 5.01. The fourth-order valence-corrected chi connectivity index (χ4v) is 5.21. The van der Waals surface area contributed by atoms with Gasteiger partial charge in [-0.3, -0.25) is 14.5 Å². The number of urea groups is 1. The highest BCUT2D eigenvalue weighted by Crippen LogP contribution is 2.38. The fourth-order valence-electron chi connectivity index (χ4n) is 5.21. The quantitative estimate of drug-likeness (QED) is 0.584. The summed E-state index contributed by atoms with van der Waals surface area (Å²) in [6, 6.07) is 14.4. The molecule has 0 spiro atoms. The van der Waals surface area contributed by atoms with Gasteiger partial charge in [0.1, 0.15) is 6.04 Å². The van der Waals surface area contributed by atoms with E-state index in [1.165, 1.54) is 0 Å². The van der Waals surface area contributed by atoms with E-state index < -0.39 is 12.1 Å². The fraction of sp³-hybridized carbons (Fsp3) is 0.414. The highest BCUT2D eigenvalue weighted by atomic mass is 16.2. The van der Waals surface area contributed by atoms with Crippen molar-refractivity contribution in [3.63, 3.8) is 0 Å². The van der Waals surface area contributed by atoms with Crippen LogP contribution in [0.5, 0.6) is 0 Å². The van der Waals surface area contributed by atoms with Crippen molar-refractivity contribution >= 4 is 17.8 Å². The van der Waals surface area contributed by atoms with Crippen LogP contribution in [-0.4, -0.2) is 46.8 Å². The second-order valence-electron chi connectivity index (χ2n) is 10.1. The Kier molecular flexibility index (Phi) is 7.48.